The van der Waals surface area contributed by atoms with Crippen LogP contribution in [0.5, 0.6) is 0 Å². The molecule has 4 nitrogen and oxygen atoms in total. The number of nitrogens with zero attached hydrogens (tertiary/aromatic N) is 1. The van der Waals surface area contributed by atoms with Crippen LogP contribution in [0, 0.1) is 0 Å². The maximum absolute atomic E-state index is 11.5. The van der Waals surface area contributed by atoms with E-state index in [4.69, 9.17) is 5.14 Å². The van der Waals surface area contributed by atoms with Crippen molar-refractivity contribution in [1.29, 1.82) is 0 Å². The predicted molar refractivity (Wildman–Crippen MR) is 79.3 cm³/mol. The van der Waals surface area contributed by atoms with Gasteiger partial charge in [-0.3, -0.25) is 4.98 Å². The highest BCUT2D eigenvalue weighted by Gasteiger charge is 2.17. The smallest absolute Gasteiger partial charge is 0.240 e. The normalized spacial score (nSPS) is 11.5. The Labute approximate surface area is 124 Å². The minimum Gasteiger partial charge on any atom is -0.262 e. The first-order chi connectivity index (χ1) is 8.98. The highest BCUT2D eigenvalue weighted by molar-refractivity contribution is 9.10. The summed E-state index contributed by atoms with van der Waals surface area (Å²) in [6.45, 7) is 0. The Balaban J connectivity index is 2.30. The molecule has 1 aromatic carbocycles. The molecule has 0 atom stereocenters. The number of primary sulfonamides is 1. The molecule has 1 aromatic heterocycles. The van der Waals surface area contributed by atoms with Crippen LogP contribution in [-0.4, -0.2) is 13.4 Å². The number of sulfonamides is 1. The molecule has 19 heavy (non-hydrogen) atoms. The fourth-order valence-electron chi connectivity index (χ4n) is 1.48. The molecule has 2 rings (SSSR count). The number of halogens is 1. The summed E-state index contributed by atoms with van der Waals surface area (Å²) in [6, 6.07) is 9.79. The molecule has 2 aromatic rings. The van der Waals surface area contributed by atoms with Crippen LogP contribution in [0.3, 0.4) is 0 Å². The van der Waals surface area contributed by atoms with E-state index >= 15 is 0 Å². The Morgan fingerprint density at radius 1 is 1.21 bits per heavy atom. The molecule has 7 heteroatoms. The zero-order valence-corrected chi connectivity index (χ0v) is 13.0. The first-order valence-electron chi connectivity index (χ1n) is 5.31. The lowest BCUT2D eigenvalue weighted by Gasteiger charge is -2.09. The lowest BCUT2D eigenvalue weighted by atomic mass is 10.2. The van der Waals surface area contributed by atoms with E-state index < -0.39 is 10.0 Å². The molecule has 0 aliphatic carbocycles. The van der Waals surface area contributed by atoms with E-state index in [1.807, 2.05) is 30.3 Å². The first kappa shape index (κ1) is 14.5. The van der Waals surface area contributed by atoms with Crippen molar-refractivity contribution in [3.05, 3.63) is 52.8 Å². The monoisotopic (exact) mass is 358 g/mol. The third-order valence-corrected chi connectivity index (χ3v) is 5.47. The standard InChI is InChI=1S/C12H11BrN2O2S2/c13-10-6-15-7-11(19(14,16)17)12(10)18-8-9-4-2-1-3-5-9/h1-7H,8H2,(H2,14,16,17). The van der Waals surface area contributed by atoms with E-state index in [9.17, 15) is 8.42 Å². The van der Waals surface area contributed by atoms with Gasteiger partial charge in [0.05, 0.1) is 4.47 Å². The number of thioether (sulfide) groups is 1. The molecule has 0 amide bonds. The molecular formula is C12H11BrN2O2S2. The summed E-state index contributed by atoms with van der Waals surface area (Å²) in [4.78, 5) is 4.48. The molecule has 2 N–H and O–H groups in total. The second-order valence-electron chi connectivity index (χ2n) is 3.77. The van der Waals surface area contributed by atoms with E-state index in [1.165, 1.54) is 18.0 Å². The maximum Gasteiger partial charge on any atom is 0.240 e. The number of aromatic nitrogens is 1. The third kappa shape index (κ3) is 3.79. The van der Waals surface area contributed by atoms with Gasteiger partial charge in [-0.1, -0.05) is 30.3 Å². The molecule has 0 unspecified atom stereocenters. The quantitative estimate of drug-likeness (QED) is 0.852. The van der Waals surface area contributed by atoms with Gasteiger partial charge < -0.3 is 0 Å². The number of rotatable bonds is 4. The fourth-order valence-corrected chi connectivity index (χ4v) is 4.27. The van der Waals surface area contributed by atoms with Crippen LogP contribution in [0.15, 0.2) is 57.0 Å². The van der Waals surface area contributed by atoms with Crippen LogP contribution < -0.4 is 5.14 Å². The zero-order chi connectivity index (χ0) is 13.9. The average Bonchev–Trinajstić information content (AvgIpc) is 2.37. The SMILES string of the molecule is NS(=O)(=O)c1cncc(Br)c1SCc1ccccc1. The highest BCUT2D eigenvalue weighted by Crippen LogP contribution is 2.34. The summed E-state index contributed by atoms with van der Waals surface area (Å²) in [7, 11) is -3.77. The Bertz CT molecular complexity index is 675. The molecule has 0 fully saturated rings. The van der Waals surface area contributed by atoms with Gasteiger partial charge in [-0.05, 0) is 21.5 Å². The lowest BCUT2D eigenvalue weighted by Crippen LogP contribution is -2.13. The van der Waals surface area contributed by atoms with Gasteiger partial charge in [-0.15, -0.1) is 11.8 Å². The number of hydrogen-bond donors (Lipinski definition) is 1. The van der Waals surface area contributed by atoms with Gasteiger partial charge in [-0.2, -0.15) is 0 Å². The van der Waals surface area contributed by atoms with Gasteiger partial charge in [-0.25, -0.2) is 13.6 Å². The number of hydrogen-bond acceptors (Lipinski definition) is 4. The second-order valence-corrected chi connectivity index (χ2v) is 7.14. The summed E-state index contributed by atoms with van der Waals surface area (Å²) >= 11 is 4.72. The van der Waals surface area contributed by atoms with E-state index in [1.54, 1.807) is 6.20 Å². The van der Waals surface area contributed by atoms with Crippen molar-refractivity contribution in [2.24, 2.45) is 5.14 Å². The van der Waals surface area contributed by atoms with Crippen molar-refractivity contribution in [1.82, 2.24) is 4.98 Å². The molecule has 0 aliphatic rings. The lowest BCUT2D eigenvalue weighted by molar-refractivity contribution is 0.595. The minimum absolute atomic E-state index is 0.0443. The molecular weight excluding hydrogens is 348 g/mol. The number of pyridine rings is 1. The predicted octanol–water partition coefficient (Wildman–Crippen LogP) is 2.78. The maximum atomic E-state index is 11.5. The van der Waals surface area contributed by atoms with E-state index in [0.29, 0.717) is 15.1 Å². The Hall–Kier alpha value is -0.890. The molecule has 1 heterocycles. The summed E-state index contributed by atoms with van der Waals surface area (Å²) < 4.78 is 23.7. The minimum atomic E-state index is -3.77. The van der Waals surface area contributed by atoms with Crippen molar-refractivity contribution in [2.45, 2.75) is 15.5 Å². The van der Waals surface area contributed by atoms with Gasteiger partial charge >= 0.3 is 0 Å². The highest BCUT2D eigenvalue weighted by atomic mass is 79.9. The molecule has 0 spiro atoms. The van der Waals surface area contributed by atoms with Crippen molar-refractivity contribution >= 4 is 37.7 Å². The van der Waals surface area contributed by atoms with Crippen LogP contribution >= 0.6 is 27.7 Å². The second kappa shape index (κ2) is 6.04. The molecule has 0 aliphatic heterocycles. The molecule has 0 saturated heterocycles. The van der Waals surface area contributed by atoms with Gasteiger partial charge in [0.1, 0.15) is 4.90 Å². The van der Waals surface area contributed by atoms with Crippen LogP contribution in [0.2, 0.25) is 0 Å². The number of nitrogens with two attached hydrogens (primary N) is 1. The van der Waals surface area contributed by atoms with Crippen molar-refractivity contribution in [2.75, 3.05) is 0 Å². The Morgan fingerprint density at radius 2 is 1.89 bits per heavy atom. The van der Waals surface area contributed by atoms with Crippen LogP contribution in [0.4, 0.5) is 0 Å². The van der Waals surface area contributed by atoms with E-state index in [-0.39, 0.29) is 4.90 Å². The van der Waals surface area contributed by atoms with Gasteiger partial charge in [0.15, 0.2) is 0 Å². The summed E-state index contributed by atoms with van der Waals surface area (Å²) in [5.41, 5.74) is 1.11. The summed E-state index contributed by atoms with van der Waals surface area (Å²) in [5, 5.41) is 5.19. The summed E-state index contributed by atoms with van der Waals surface area (Å²) in [6.07, 6.45) is 2.83. The number of benzene rings is 1. The molecule has 0 radical (unpaired) electrons. The third-order valence-electron chi connectivity index (χ3n) is 2.35. The molecule has 0 saturated carbocycles. The summed E-state index contributed by atoms with van der Waals surface area (Å²) in [5.74, 6) is 0.659. The topological polar surface area (TPSA) is 73.1 Å². The zero-order valence-electron chi connectivity index (χ0n) is 9.78. The average molecular weight is 359 g/mol. The van der Waals surface area contributed by atoms with Crippen molar-refractivity contribution < 1.29 is 8.42 Å². The van der Waals surface area contributed by atoms with Gasteiger partial charge in [0, 0.05) is 23.0 Å². The Kier molecular flexibility index (Phi) is 4.62. The van der Waals surface area contributed by atoms with Gasteiger partial charge in [0.2, 0.25) is 10.0 Å². The van der Waals surface area contributed by atoms with Crippen LogP contribution in [0.25, 0.3) is 0 Å². The van der Waals surface area contributed by atoms with E-state index in [2.05, 4.69) is 20.9 Å². The largest absolute Gasteiger partial charge is 0.262 e. The van der Waals surface area contributed by atoms with E-state index in [0.717, 1.165) is 5.56 Å². The van der Waals surface area contributed by atoms with Crippen molar-refractivity contribution in [3.8, 4) is 0 Å². The fraction of sp³-hybridized carbons (Fsp3) is 0.0833. The van der Waals surface area contributed by atoms with Crippen LogP contribution in [0.1, 0.15) is 5.56 Å². The Morgan fingerprint density at radius 3 is 2.53 bits per heavy atom. The molecule has 0 bridgehead atoms. The van der Waals surface area contributed by atoms with Crippen molar-refractivity contribution in [3.63, 3.8) is 0 Å². The van der Waals surface area contributed by atoms with Crippen LogP contribution in [-0.2, 0) is 15.8 Å². The molecule has 100 valence electrons. The first-order valence-corrected chi connectivity index (χ1v) is 8.64. The van der Waals surface area contributed by atoms with Gasteiger partial charge in [0.25, 0.3) is 0 Å².